The molecule has 0 aromatic rings. The van der Waals surface area contributed by atoms with Crippen molar-refractivity contribution in [3.63, 3.8) is 0 Å². The average molecular weight is 198 g/mol. The Labute approximate surface area is 84.2 Å². The summed E-state index contributed by atoms with van der Waals surface area (Å²) < 4.78 is 5.20. The van der Waals surface area contributed by atoms with Gasteiger partial charge in [0.25, 0.3) is 0 Å². The third-order valence-corrected chi connectivity index (χ3v) is 3.50. The van der Waals surface area contributed by atoms with Crippen LogP contribution in [-0.2, 0) is 4.74 Å². The maximum Gasteiger partial charge on any atom is 0.405 e. The van der Waals surface area contributed by atoms with Gasteiger partial charge in [0.05, 0.1) is 0 Å². The molecular formula is C10H18N2O2. The summed E-state index contributed by atoms with van der Waals surface area (Å²) in [5.74, 6) is 1.37. The molecule has 3 atom stereocenters. The molecule has 0 spiro atoms. The zero-order valence-corrected chi connectivity index (χ0v) is 8.58. The van der Waals surface area contributed by atoms with Gasteiger partial charge in [0.15, 0.2) is 0 Å². The average Bonchev–Trinajstić information content (AvgIpc) is 2.38. The number of hydrogen-bond acceptors (Lipinski definition) is 3. The molecule has 2 rings (SSSR count). The molecule has 0 bridgehead atoms. The largest absolute Gasteiger partial charge is 0.443 e. The van der Waals surface area contributed by atoms with Crippen molar-refractivity contribution >= 4 is 6.09 Å². The minimum atomic E-state index is -0.640. The topological polar surface area (TPSA) is 64.3 Å². The van der Waals surface area contributed by atoms with Gasteiger partial charge in [-0.25, -0.2) is 4.79 Å². The Hall–Kier alpha value is -0.770. The summed E-state index contributed by atoms with van der Waals surface area (Å²) >= 11 is 0. The molecule has 2 fully saturated rings. The maximum atomic E-state index is 10.8. The van der Waals surface area contributed by atoms with Crippen LogP contribution in [0.3, 0.4) is 0 Å². The summed E-state index contributed by atoms with van der Waals surface area (Å²) in [5, 5.41) is 3.38. The van der Waals surface area contributed by atoms with Gasteiger partial charge in [-0.2, -0.15) is 0 Å². The smallest absolute Gasteiger partial charge is 0.405 e. The molecule has 4 heteroatoms. The molecule has 1 saturated carbocycles. The lowest BCUT2D eigenvalue weighted by molar-refractivity contribution is 0.0321. The molecular weight excluding hydrogens is 180 g/mol. The summed E-state index contributed by atoms with van der Waals surface area (Å²) in [4.78, 5) is 10.8. The normalized spacial score (nSPS) is 41.8. The Bertz CT molecular complexity index is 228. The second-order valence-corrected chi connectivity index (χ2v) is 4.79. The molecule has 1 aliphatic carbocycles. The number of fused-ring (bicyclic) bond motifs is 1. The summed E-state index contributed by atoms with van der Waals surface area (Å²) in [7, 11) is 0. The van der Waals surface area contributed by atoms with Crippen molar-refractivity contribution in [2.24, 2.45) is 17.6 Å². The monoisotopic (exact) mass is 198 g/mol. The molecule has 0 radical (unpaired) electrons. The Balaban J connectivity index is 2.00. The van der Waals surface area contributed by atoms with Gasteiger partial charge in [0.2, 0.25) is 0 Å². The highest BCUT2D eigenvalue weighted by Gasteiger charge is 2.45. The van der Waals surface area contributed by atoms with E-state index in [9.17, 15) is 4.79 Å². The van der Waals surface area contributed by atoms with Crippen molar-refractivity contribution in [3.8, 4) is 0 Å². The van der Waals surface area contributed by atoms with Crippen LogP contribution in [0.25, 0.3) is 0 Å². The lowest BCUT2D eigenvalue weighted by Gasteiger charge is -2.24. The van der Waals surface area contributed by atoms with E-state index < -0.39 is 6.09 Å². The standard InChI is InChI=1S/C10H18N2O2/c1-10(14-9(11)13)4-7-2-3-12-6-8(7)5-10/h7-8,12H,2-6H2,1H3,(H2,11,13). The van der Waals surface area contributed by atoms with Gasteiger partial charge in [-0.1, -0.05) is 0 Å². The number of amides is 1. The van der Waals surface area contributed by atoms with E-state index in [0.29, 0.717) is 11.8 Å². The number of hydrogen-bond donors (Lipinski definition) is 2. The minimum absolute atomic E-state index is 0.312. The number of carbonyl (C=O) groups is 1. The predicted octanol–water partition coefficient (Wildman–Crippen LogP) is 0.860. The first-order valence-electron chi connectivity index (χ1n) is 5.28. The van der Waals surface area contributed by atoms with Gasteiger partial charge in [0, 0.05) is 0 Å². The SMILES string of the molecule is CC1(OC(N)=O)CC2CCNCC2C1. The molecule has 80 valence electrons. The van der Waals surface area contributed by atoms with Crippen LogP contribution < -0.4 is 11.1 Å². The van der Waals surface area contributed by atoms with E-state index in [1.807, 2.05) is 6.92 Å². The fraction of sp³-hybridized carbons (Fsp3) is 0.900. The van der Waals surface area contributed by atoms with Crippen LogP contribution in [0.4, 0.5) is 4.79 Å². The van der Waals surface area contributed by atoms with Crippen molar-refractivity contribution in [3.05, 3.63) is 0 Å². The van der Waals surface area contributed by atoms with Crippen molar-refractivity contribution in [1.82, 2.24) is 5.32 Å². The molecule has 2 aliphatic rings. The zero-order chi connectivity index (χ0) is 10.2. The van der Waals surface area contributed by atoms with Gasteiger partial charge in [-0.15, -0.1) is 0 Å². The van der Waals surface area contributed by atoms with Crippen LogP contribution in [-0.4, -0.2) is 24.8 Å². The number of ether oxygens (including phenoxy) is 1. The van der Waals surface area contributed by atoms with E-state index in [1.165, 1.54) is 6.42 Å². The first-order valence-corrected chi connectivity index (χ1v) is 5.28. The van der Waals surface area contributed by atoms with Crippen LogP contribution in [0.15, 0.2) is 0 Å². The quantitative estimate of drug-likeness (QED) is 0.656. The van der Waals surface area contributed by atoms with Crippen molar-refractivity contribution in [2.75, 3.05) is 13.1 Å². The van der Waals surface area contributed by atoms with E-state index in [0.717, 1.165) is 25.9 Å². The minimum Gasteiger partial charge on any atom is -0.443 e. The summed E-state index contributed by atoms with van der Waals surface area (Å²) in [6.07, 6.45) is 2.48. The molecule has 0 aromatic carbocycles. The zero-order valence-electron chi connectivity index (χ0n) is 8.58. The number of primary amides is 1. The van der Waals surface area contributed by atoms with Gasteiger partial charge >= 0.3 is 6.09 Å². The van der Waals surface area contributed by atoms with Crippen LogP contribution in [0.1, 0.15) is 26.2 Å². The van der Waals surface area contributed by atoms with Gasteiger partial charge in [-0.05, 0) is 51.1 Å². The highest BCUT2D eigenvalue weighted by Crippen LogP contribution is 2.43. The summed E-state index contributed by atoms with van der Waals surface area (Å²) in [6.45, 7) is 4.15. The molecule has 0 aromatic heterocycles. The van der Waals surface area contributed by atoms with E-state index in [1.54, 1.807) is 0 Å². The Kier molecular flexibility index (Phi) is 2.39. The molecule has 1 amide bonds. The van der Waals surface area contributed by atoms with E-state index in [2.05, 4.69) is 5.32 Å². The van der Waals surface area contributed by atoms with Gasteiger partial charge in [-0.3, -0.25) is 0 Å². The second-order valence-electron chi connectivity index (χ2n) is 4.79. The van der Waals surface area contributed by atoms with Crippen LogP contribution in [0, 0.1) is 11.8 Å². The second kappa shape index (κ2) is 3.42. The lowest BCUT2D eigenvalue weighted by Crippen LogP contribution is -2.33. The highest BCUT2D eigenvalue weighted by molar-refractivity contribution is 5.65. The van der Waals surface area contributed by atoms with Crippen molar-refractivity contribution < 1.29 is 9.53 Å². The number of nitrogens with two attached hydrogens (primary N) is 1. The summed E-state index contributed by atoms with van der Waals surface area (Å²) in [6, 6.07) is 0. The molecule has 4 nitrogen and oxygen atoms in total. The van der Waals surface area contributed by atoms with Gasteiger partial charge < -0.3 is 15.8 Å². The van der Waals surface area contributed by atoms with Crippen LogP contribution in [0.2, 0.25) is 0 Å². The number of nitrogens with one attached hydrogen (secondary N) is 1. The van der Waals surface area contributed by atoms with Gasteiger partial charge in [0.1, 0.15) is 5.60 Å². The molecule has 3 N–H and O–H groups in total. The Morgan fingerprint density at radius 3 is 2.86 bits per heavy atom. The lowest BCUT2D eigenvalue weighted by atomic mass is 9.90. The molecule has 1 heterocycles. The first-order chi connectivity index (χ1) is 6.59. The van der Waals surface area contributed by atoms with E-state index >= 15 is 0 Å². The highest BCUT2D eigenvalue weighted by atomic mass is 16.6. The molecule has 1 saturated heterocycles. The van der Waals surface area contributed by atoms with E-state index in [-0.39, 0.29) is 5.60 Å². The van der Waals surface area contributed by atoms with Crippen LogP contribution >= 0.6 is 0 Å². The third-order valence-electron chi connectivity index (χ3n) is 3.50. The first kappa shape index (κ1) is 9.77. The van der Waals surface area contributed by atoms with Crippen LogP contribution in [0.5, 0.6) is 0 Å². The fourth-order valence-electron chi connectivity index (χ4n) is 3.00. The van der Waals surface area contributed by atoms with Crippen molar-refractivity contribution in [1.29, 1.82) is 0 Å². The Morgan fingerprint density at radius 2 is 2.21 bits per heavy atom. The predicted molar refractivity (Wildman–Crippen MR) is 52.8 cm³/mol. The van der Waals surface area contributed by atoms with E-state index in [4.69, 9.17) is 10.5 Å². The molecule has 3 unspecified atom stereocenters. The number of rotatable bonds is 1. The fourth-order valence-corrected chi connectivity index (χ4v) is 3.00. The maximum absolute atomic E-state index is 10.8. The number of piperidine rings is 1. The molecule has 14 heavy (non-hydrogen) atoms. The van der Waals surface area contributed by atoms with Crippen molar-refractivity contribution in [2.45, 2.75) is 31.8 Å². The summed E-state index contributed by atoms with van der Waals surface area (Å²) in [5.41, 5.74) is 4.76. The Morgan fingerprint density at radius 1 is 1.50 bits per heavy atom. The third kappa shape index (κ3) is 1.85. The molecule has 1 aliphatic heterocycles. The number of carbonyl (C=O) groups excluding carboxylic acids is 1.